The smallest absolute Gasteiger partial charge is 0.410 e. The molecule has 1 atom stereocenters. The minimum Gasteiger partial charge on any atom is -0.444 e. The van der Waals surface area contributed by atoms with Crippen LogP contribution in [0.3, 0.4) is 0 Å². The van der Waals surface area contributed by atoms with E-state index in [2.05, 4.69) is 0 Å². The van der Waals surface area contributed by atoms with Gasteiger partial charge in [-0.25, -0.2) is 13.6 Å². The molecular formula is C11H20F2N2O2. The molecule has 100 valence electrons. The Balaban J connectivity index is 2.64. The van der Waals surface area contributed by atoms with Crippen LogP contribution in [0.4, 0.5) is 13.6 Å². The lowest BCUT2D eigenvalue weighted by molar-refractivity contribution is -0.0163. The average Bonchev–Trinajstić information content (AvgIpc) is 2.15. The van der Waals surface area contributed by atoms with Gasteiger partial charge in [0.1, 0.15) is 5.60 Å². The molecule has 0 radical (unpaired) electrons. The molecule has 1 saturated heterocycles. The number of halogens is 2. The topological polar surface area (TPSA) is 55.6 Å². The number of ether oxygens (including phenoxy) is 1. The zero-order valence-electron chi connectivity index (χ0n) is 10.5. The third kappa shape index (κ3) is 3.80. The Morgan fingerprint density at radius 3 is 2.53 bits per heavy atom. The standard InChI is InChI=1S/C11H20F2N2O2/c1-10(2,3)17-9(16)15-6-4-5-11(14,7-15)8(12)13/h8H,4-7,14H2,1-3H3. The third-order valence-corrected chi connectivity index (χ3v) is 2.64. The number of hydrogen-bond acceptors (Lipinski definition) is 3. The molecule has 1 aliphatic heterocycles. The summed E-state index contributed by atoms with van der Waals surface area (Å²) in [6.07, 6.45) is -2.51. The number of carbonyl (C=O) groups excluding carboxylic acids is 1. The summed E-state index contributed by atoms with van der Waals surface area (Å²) in [6.45, 7) is 5.47. The SMILES string of the molecule is CC(C)(C)OC(=O)N1CCCC(N)(C(F)F)C1. The number of nitrogens with two attached hydrogens (primary N) is 1. The molecule has 0 aromatic rings. The summed E-state index contributed by atoms with van der Waals surface area (Å²) in [5.74, 6) is 0. The highest BCUT2D eigenvalue weighted by Gasteiger charge is 2.42. The zero-order chi connectivity index (χ0) is 13.3. The van der Waals surface area contributed by atoms with E-state index < -0.39 is 23.7 Å². The molecule has 1 unspecified atom stereocenters. The highest BCUT2D eigenvalue weighted by Crippen LogP contribution is 2.26. The van der Waals surface area contributed by atoms with Crippen molar-refractivity contribution in [2.24, 2.45) is 5.73 Å². The first-order chi connectivity index (χ1) is 7.64. The Morgan fingerprint density at radius 1 is 1.47 bits per heavy atom. The summed E-state index contributed by atoms with van der Waals surface area (Å²) in [5.41, 5.74) is 3.36. The van der Waals surface area contributed by atoms with Crippen molar-refractivity contribution in [3.8, 4) is 0 Å². The van der Waals surface area contributed by atoms with Crippen LogP contribution in [0.1, 0.15) is 33.6 Å². The second kappa shape index (κ2) is 4.76. The molecule has 2 N–H and O–H groups in total. The minimum atomic E-state index is -2.63. The predicted molar refractivity (Wildman–Crippen MR) is 60.0 cm³/mol. The van der Waals surface area contributed by atoms with Crippen LogP contribution in [0, 0.1) is 0 Å². The van der Waals surface area contributed by atoms with Crippen molar-refractivity contribution in [2.75, 3.05) is 13.1 Å². The second-order valence-electron chi connectivity index (χ2n) is 5.54. The summed E-state index contributed by atoms with van der Waals surface area (Å²) in [4.78, 5) is 13.0. The highest BCUT2D eigenvalue weighted by molar-refractivity contribution is 5.68. The van der Waals surface area contributed by atoms with Gasteiger partial charge in [0.2, 0.25) is 0 Å². The van der Waals surface area contributed by atoms with Crippen LogP contribution >= 0.6 is 0 Å². The lowest BCUT2D eigenvalue weighted by atomic mass is 9.91. The molecule has 1 aliphatic rings. The summed E-state index contributed by atoms with van der Waals surface area (Å²) >= 11 is 0. The van der Waals surface area contributed by atoms with E-state index in [9.17, 15) is 13.6 Å². The molecular weight excluding hydrogens is 230 g/mol. The van der Waals surface area contributed by atoms with Gasteiger partial charge in [-0.15, -0.1) is 0 Å². The van der Waals surface area contributed by atoms with Gasteiger partial charge in [-0.05, 0) is 33.6 Å². The van der Waals surface area contributed by atoms with Crippen molar-refractivity contribution in [2.45, 2.75) is 51.2 Å². The van der Waals surface area contributed by atoms with Crippen molar-refractivity contribution in [1.82, 2.24) is 4.90 Å². The van der Waals surface area contributed by atoms with Crippen LogP contribution in [0.25, 0.3) is 0 Å². The number of alkyl halides is 2. The van der Waals surface area contributed by atoms with Crippen LogP contribution in [-0.2, 0) is 4.74 Å². The maximum absolute atomic E-state index is 12.8. The molecule has 17 heavy (non-hydrogen) atoms. The monoisotopic (exact) mass is 250 g/mol. The molecule has 1 rings (SSSR count). The van der Waals surface area contributed by atoms with Crippen molar-refractivity contribution in [1.29, 1.82) is 0 Å². The number of amides is 1. The number of piperidine rings is 1. The maximum Gasteiger partial charge on any atom is 0.410 e. The van der Waals surface area contributed by atoms with E-state index >= 15 is 0 Å². The van der Waals surface area contributed by atoms with Gasteiger partial charge < -0.3 is 15.4 Å². The molecule has 0 spiro atoms. The van der Waals surface area contributed by atoms with Crippen molar-refractivity contribution >= 4 is 6.09 Å². The molecule has 1 fully saturated rings. The Hall–Kier alpha value is -0.910. The van der Waals surface area contributed by atoms with E-state index in [1.54, 1.807) is 20.8 Å². The highest BCUT2D eigenvalue weighted by atomic mass is 19.3. The van der Waals surface area contributed by atoms with Gasteiger partial charge in [-0.1, -0.05) is 0 Å². The first-order valence-corrected chi connectivity index (χ1v) is 5.69. The number of rotatable bonds is 1. The van der Waals surface area contributed by atoms with Crippen LogP contribution in [-0.4, -0.2) is 41.6 Å². The molecule has 4 nitrogen and oxygen atoms in total. The van der Waals surface area contributed by atoms with E-state index in [1.165, 1.54) is 4.90 Å². The van der Waals surface area contributed by atoms with Gasteiger partial charge in [0.05, 0.1) is 5.54 Å². The molecule has 0 aromatic heterocycles. The van der Waals surface area contributed by atoms with Crippen LogP contribution in [0.15, 0.2) is 0 Å². The van der Waals surface area contributed by atoms with Gasteiger partial charge in [-0.2, -0.15) is 0 Å². The number of carbonyl (C=O) groups is 1. The number of nitrogens with zero attached hydrogens (tertiary/aromatic N) is 1. The fourth-order valence-electron chi connectivity index (χ4n) is 1.77. The van der Waals surface area contributed by atoms with E-state index in [-0.39, 0.29) is 13.0 Å². The van der Waals surface area contributed by atoms with Crippen LogP contribution in [0.5, 0.6) is 0 Å². The van der Waals surface area contributed by atoms with Gasteiger partial charge in [0.15, 0.2) is 0 Å². The quantitative estimate of drug-likeness (QED) is 0.774. The van der Waals surface area contributed by atoms with Gasteiger partial charge in [0, 0.05) is 13.1 Å². The molecule has 6 heteroatoms. The molecule has 0 bridgehead atoms. The summed E-state index contributed by atoms with van der Waals surface area (Å²) in [6, 6.07) is 0. The van der Waals surface area contributed by atoms with E-state index in [0.717, 1.165) is 0 Å². The van der Waals surface area contributed by atoms with Crippen molar-refractivity contribution in [3.05, 3.63) is 0 Å². The fraction of sp³-hybridized carbons (Fsp3) is 0.909. The summed E-state index contributed by atoms with van der Waals surface area (Å²) in [7, 11) is 0. The largest absolute Gasteiger partial charge is 0.444 e. The zero-order valence-corrected chi connectivity index (χ0v) is 10.5. The maximum atomic E-state index is 12.8. The number of likely N-dealkylation sites (tertiary alicyclic amines) is 1. The Kier molecular flexibility index (Phi) is 3.96. The average molecular weight is 250 g/mol. The molecule has 1 heterocycles. The Labute approximate surface area is 100 Å². The van der Waals surface area contributed by atoms with Gasteiger partial charge in [-0.3, -0.25) is 0 Å². The lowest BCUT2D eigenvalue weighted by Crippen LogP contribution is -2.60. The van der Waals surface area contributed by atoms with E-state index in [0.29, 0.717) is 13.0 Å². The summed E-state index contributed by atoms with van der Waals surface area (Å²) in [5, 5.41) is 0. The van der Waals surface area contributed by atoms with E-state index in [1.807, 2.05) is 0 Å². The first-order valence-electron chi connectivity index (χ1n) is 5.69. The second-order valence-corrected chi connectivity index (χ2v) is 5.54. The first kappa shape index (κ1) is 14.2. The van der Waals surface area contributed by atoms with Crippen molar-refractivity contribution < 1.29 is 18.3 Å². The van der Waals surface area contributed by atoms with Gasteiger partial charge >= 0.3 is 6.09 Å². The Morgan fingerprint density at radius 2 is 2.06 bits per heavy atom. The van der Waals surface area contributed by atoms with Crippen LogP contribution < -0.4 is 5.73 Å². The molecule has 0 aliphatic carbocycles. The normalized spacial score (nSPS) is 26.2. The molecule has 1 amide bonds. The van der Waals surface area contributed by atoms with E-state index in [4.69, 9.17) is 10.5 Å². The van der Waals surface area contributed by atoms with Crippen LogP contribution in [0.2, 0.25) is 0 Å². The number of hydrogen-bond donors (Lipinski definition) is 1. The predicted octanol–water partition coefficient (Wildman–Crippen LogP) is 1.98. The lowest BCUT2D eigenvalue weighted by Gasteiger charge is -2.39. The summed E-state index contributed by atoms with van der Waals surface area (Å²) < 4.78 is 30.7. The fourth-order valence-corrected chi connectivity index (χ4v) is 1.77. The van der Waals surface area contributed by atoms with Gasteiger partial charge in [0.25, 0.3) is 6.43 Å². The molecule has 0 saturated carbocycles. The van der Waals surface area contributed by atoms with Crippen molar-refractivity contribution in [3.63, 3.8) is 0 Å². The third-order valence-electron chi connectivity index (χ3n) is 2.64. The Bertz CT molecular complexity index is 292. The minimum absolute atomic E-state index is 0.153. The molecule has 0 aromatic carbocycles.